The first-order valence-electron chi connectivity index (χ1n) is 39.8. The van der Waals surface area contributed by atoms with Gasteiger partial charge in [0.05, 0.1) is 0 Å². The molecule has 0 spiro atoms. The van der Waals surface area contributed by atoms with E-state index in [-0.39, 0.29) is 32.5 Å². The van der Waals surface area contributed by atoms with Gasteiger partial charge in [0.15, 0.2) is 0 Å². The molecule has 0 atom stereocenters. The second kappa shape index (κ2) is 23.3. The first kappa shape index (κ1) is 66.4. The smallest absolute Gasteiger partial charge is 0.0465 e. The van der Waals surface area contributed by atoms with E-state index in [1.807, 2.05) is 0 Å². The molecule has 7 aliphatic rings. The zero-order valence-corrected chi connectivity index (χ0v) is 65.2. The van der Waals surface area contributed by atoms with Crippen LogP contribution in [0.1, 0.15) is 185 Å². The van der Waals surface area contributed by atoms with Crippen molar-refractivity contribution in [3.63, 3.8) is 0 Å². The van der Waals surface area contributed by atoms with Gasteiger partial charge in [0, 0.05) is 66.6 Å². The number of anilines is 5. The summed E-state index contributed by atoms with van der Waals surface area (Å²) < 4.78 is 0. The van der Waals surface area contributed by atoms with Crippen molar-refractivity contribution in [3.05, 3.63) is 379 Å². The van der Waals surface area contributed by atoms with E-state index in [2.05, 4.69) is 396 Å². The predicted molar refractivity (Wildman–Crippen MR) is 467 cm³/mol. The summed E-state index contributed by atoms with van der Waals surface area (Å²) in [6, 6.07) is 105. The number of allylic oxidation sites excluding steroid dienone is 4. The Hall–Kier alpha value is -11.8. The third-order valence-electron chi connectivity index (χ3n) is 27.3. The van der Waals surface area contributed by atoms with Crippen molar-refractivity contribution in [2.45, 2.75) is 128 Å². The molecule has 0 aromatic heterocycles. The summed E-state index contributed by atoms with van der Waals surface area (Å²) in [6.45, 7) is 28.9. The van der Waals surface area contributed by atoms with Crippen LogP contribution in [0.25, 0.3) is 107 Å². The molecule has 2 nitrogen and oxygen atoms in total. The van der Waals surface area contributed by atoms with Crippen molar-refractivity contribution in [2.24, 2.45) is 0 Å². The first-order valence-corrected chi connectivity index (χ1v) is 39.8. The van der Waals surface area contributed by atoms with Crippen LogP contribution in [0.3, 0.4) is 0 Å². The second-order valence-electron chi connectivity index (χ2n) is 35.6. The summed E-state index contributed by atoms with van der Waals surface area (Å²) in [7, 11) is 0. The molecule has 7 aliphatic carbocycles. The average Bonchev–Trinajstić information content (AvgIpc) is 1.59. The van der Waals surface area contributed by atoms with Crippen LogP contribution in [0.15, 0.2) is 290 Å². The highest BCUT2D eigenvalue weighted by Crippen LogP contribution is 2.59. The van der Waals surface area contributed by atoms with E-state index in [0.717, 1.165) is 12.8 Å². The molecule has 0 fully saturated rings. The maximum atomic E-state index is 2.61. The van der Waals surface area contributed by atoms with Gasteiger partial charge in [-0.1, -0.05) is 308 Å². The maximum absolute atomic E-state index is 2.61. The van der Waals surface area contributed by atoms with Crippen LogP contribution in [-0.4, -0.2) is 0 Å². The Kier molecular flexibility index (Phi) is 14.1. The van der Waals surface area contributed by atoms with Gasteiger partial charge < -0.3 is 9.80 Å². The van der Waals surface area contributed by atoms with Gasteiger partial charge in [-0.05, 0) is 269 Å². The second-order valence-corrected chi connectivity index (χ2v) is 35.6. The third kappa shape index (κ3) is 9.60. The van der Waals surface area contributed by atoms with E-state index < -0.39 is 0 Å². The minimum atomic E-state index is -0.239. The van der Waals surface area contributed by atoms with Crippen LogP contribution in [0.5, 0.6) is 0 Å². The Labute approximate surface area is 648 Å². The molecule has 14 aromatic carbocycles. The highest BCUT2D eigenvalue weighted by molar-refractivity contribution is 6.09. The molecule has 0 aliphatic heterocycles. The van der Waals surface area contributed by atoms with Crippen molar-refractivity contribution < 1.29 is 0 Å². The van der Waals surface area contributed by atoms with Gasteiger partial charge in [-0.3, -0.25) is 0 Å². The van der Waals surface area contributed by atoms with Crippen molar-refractivity contribution >= 4 is 79.9 Å². The lowest BCUT2D eigenvalue weighted by Crippen LogP contribution is -2.23. The van der Waals surface area contributed by atoms with Gasteiger partial charge in [0.1, 0.15) is 0 Å². The fourth-order valence-electron chi connectivity index (χ4n) is 21.3. The zero-order valence-electron chi connectivity index (χ0n) is 65.2. The topological polar surface area (TPSA) is 6.48 Å². The number of benzene rings is 14. The van der Waals surface area contributed by atoms with E-state index in [9.17, 15) is 0 Å². The summed E-state index contributed by atoms with van der Waals surface area (Å²) in [5, 5.41) is 5.01. The van der Waals surface area contributed by atoms with Gasteiger partial charge in [-0.25, -0.2) is 0 Å². The highest BCUT2D eigenvalue weighted by Gasteiger charge is 2.44. The highest BCUT2D eigenvalue weighted by atomic mass is 15.2. The Morgan fingerprint density at radius 1 is 0.227 bits per heavy atom. The zero-order chi connectivity index (χ0) is 74.9. The van der Waals surface area contributed by atoms with Gasteiger partial charge in [0.25, 0.3) is 0 Å². The van der Waals surface area contributed by atoms with Crippen molar-refractivity contribution in [3.8, 4) is 55.6 Å². The Balaban J connectivity index is 0.541. The van der Waals surface area contributed by atoms with Crippen LogP contribution in [0.4, 0.5) is 28.4 Å². The molecule has 0 N–H and O–H groups in total. The number of rotatable bonds is 10. The van der Waals surface area contributed by atoms with Crippen molar-refractivity contribution in [1.82, 2.24) is 0 Å². The van der Waals surface area contributed by atoms with E-state index in [0.29, 0.717) is 0 Å². The largest absolute Gasteiger partial charge is 0.314 e. The number of hydrogen-bond donors (Lipinski definition) is 0. The molecule has 0 unspecified atom stereocenters. The molecule has 14 aromatic rings. The molecule has 2 heteroatoms. The molecule has 0 radical (unpaired) electrons. The molecular weight excluding hydrogens is 1330 g/mol. The molecule has 110 heavy (non-hydrogen) atoms. The van der Waals surface area contributed by atoms with Crippen LogP contribution < -0.4 is 9.80 Å². The average molecular weight is 1420 g/mol. The number of nitrogens with zero attached hydrogens (tertiary/aromatic N) is 2. The Morgan fingerprint density at radius 3 is 0.864 bits per heavy atom. The van der Waals surface area contributed by atoms with Crippen molar-refractivity contribution in [2.75, 3.05) is 9.80 Å². The molecule has 0 saturated heterocycles. The number of fused-ring (bicyclic) bond motifs is 20. The minimum Gasteiger partial charge on any atom is -0.314 e. The quantitative estimate of drug-likeness (QED) is 0.0995. The van der Waals surface area contributed by atoms with Crippen LogP contribution in [-0.2, 0) is 32.5 Å². The fourth-order valence-corrected chi connectivity index (χ4v) is 21.3. The summed E-state index contributed by atoms with van der Waals surface area (Å²) in [4.78, 5) is 5.13. The normalized spacial score (nSPS) is 17.0. The SMILES string of the molecule is CC1(C)C2=C(CCC(N(c3ccc4c(c3)C(C)(C)c3ccccc3-4)c3ccc4c(c3)C(C)(C)c3cc(/C=C/c5ccc6c(ccc7cc(/C=C/c8ccc9c(c8)C(C)(C)c8cc(N(c%10ccc%11c(c%10)C(C)(C)c%10ccccc%10-%11)c%10ccc%11c(c%10)C(C)(C)c%10ccccc%10-%11)ccc8-9)ccc76)c5)ccc3-4)=C2)c2ccccc21. The lowest BCUT2D eigenvalue weighted by atomic mass is 9.79. The number of hydrogen-bond acceptors (Lipinski definition) is 2. The summed E-state index contributed by atoms with van der Waals surface area (Å²) in [6.07, 6.45) is 13.7. The van der Waals surface area contributed by atoms with E-state index in [1.165, 1.54) is 211 Å². The van der Waals surface area contributed by atoms with Gasteiger partial charge in [0.2, 0.25) is 0 Å². The lowest BCUT2D eigenvalue weighted by Gasteiger charge is -2.34. The van der Waals surface area contributed by atoms with E-state index >= 15 is 0 Å². The molecular formula is C108H90N2. The first-order chi connectivity index (χ1) is 53.0. The fraction of sp³-hybridized carbons (Fsp3) is 0.185. The van der Waals surface area contributed by atoms with E-state index in [4.69, 9.17) is 0 Å². The monoisotopic (exact) mass is 1410 g/mol. The molecule has 0 bridgehead atoms. The lowest BCUT2D eigenvalue weighted by molar-refractivity contribution is 0.648. The van der Waals surface area contributed by atoms with Crippen LogP contribution in [0.2, 0.25) is 0 Å². The van der Waals surface area contributed by atoms with Crippen molar-refractivity contribution in [1.29, 1.82) is 0 Å². The summed E-state index contributed by atoms with van der Waals surface area (Å²) in [5.74, 6) is 0. The van der Waals surface area contributed by atoms with Gasteiger partial charge >= 0.3 is 0 Å². The molecule has 532 valence electrons. The van der Waals surface area contributed by atoms with Crippen LogP contribution in [0, 0.1) is 0 Å². The van der Waals surface area contributed by atoms with Gasteiger partial charge in [-0.2, -0.15) is 0 Å². The Morgan fingerprint density at radius 2 is 0.500 bits per heavy atom. The molecule has 0 saturated carbocycles. The summed E-state index contributed by atoms with van der Waals surface area (Å²) >= 11 is 0. The maximum Gasteiger partial charge on any atom is 0.0465 e. The summed E-state index contributed by atoms with van der Waals surface area (Å²) in [5.41, 5.74) is 44.1. The van der Waals surface area contributed by atoms with Gasteiger partial charge in [-0.15, -0.1) is 0 Å². The third-order valence-corrected chi connectivity index (χ3v) is 27.3. The Bertz CT molecular complexity index is 6430. The molecule has 0 heterocycles. The van der Waals surface area contributed by atoms with E-state index in [1.54, 1.807) is 0 Å². The van der Waals surface area contributed by atoms with Crippen LogP contribution >= 0.6 is 0 Å². The molecule has 21 rings (SSSR count). The predicted octanol–water partition coefficient (Wildman–Crippen LogP) is 28.9. The minimum absolute atomic E-state index is 0.0806. The molecule has 0 amide bonds. The standard InChI is InChI=1S/C108H90N2/c1-103(2)91-25-17-13-21-79(91)85-49-39-71(59-97(85)103)109(72-40-50-86-80-22-14-18-26-92(80)104(3,4)98(86)60-72)75-43-53-89-83-47-35-67(57-95(83)107(9,10)101(89)63-75)31-29-65-33-45-77-69(55-65)37-38-70-56-66(34-46-78(70)77)30-32-68-36-48-84-90-54-44-76(64-102(90)108(11,12)96(84)58-68)110(73-41-51-87-81-23-15-19-27-93(81)105(5,6)99(87)61-73)74-42-52-88-82-24-16-20-28-94(82)106(7,8)100(88)62-74/h13-41,43-51,53-64H,42,52H2,1-12H3/b31-29+,32-30+.